The molecule has 4 heteroatoms. The average Bonchev–Trinajstić information content (AvgIpc) is 2.32. The maximum Gasteiger partial charge on any atom is 0.0829 e. The number of aliphatic hydroxyl groups excluding tert-OH is 2. The molecule has 0 spiro atoms. The predicted octanol–water partition coefficient (Wildman–Crippen LogP) is 1.64. The molecule has 0 aromatic rings. The first-order valence-electron chi connectivity index (χ1n) is 4.63. The number of hydrogen-bond acceptors (Lipinski definition) is 4. The Morgan fingerprint density at radius 1 is 0.812 bits per heavy atom. The van der Waals surface area contributed by atoms with Gasteiger partial charge in [-0.3, -0.25) is 0 Å². The second-order valence-electron chi connectivity index (χ2n) is 2.03. The first kappa shape index (κ1) is 20.1. The summed E-state index contributed by atoms with van der Waals surface area (Å²) in [6.07, 6.45) is 6.05. The van der Waals surface area contributed by atoms with Gasteiger partial charge in [-0.05, 0) is 0 Å². The average molecular weight is 230 g/mol. The maximum atomic E-state index is 7.62. The monoisotopic (exact) mass is 230 g/mol. The van der Waals surface area contributed by atoms with E-state index >= 15 is 0 Å². The van der Waals surface area contributed by atoms with Crippen molar-refractivity contribution in [2.24, 2.45) is 0 Å². The van der Waals surface area contributed by atoms with E-state index in [1.54, 1.807) is 12.2 Å². The van der Waals surface area contributed by atoms with Gasteiger partial charge in [0.25, 0.3) is 0 Å². The van der Waals surface area contributed by atoms with Crippen LogP contribution in [0, 0.1) is 0 Å². The van der Waals surface area contributed by atoms with Crippen molar-refractivity contribution in [2.75, 3.05) is 26.4 Å². The Morgan fingerprint density at radius 3 is 1.31 bits per heavy atom. The quantitative estimate of drug-likeness (QED) is 0.396. The van der Waals surface area contributed by atoms with Gasteiger partial charge in [-0.1, -0.05) is 25.3 Å². The Hall–Kier alpha value is -1.36. The van der Waals surface area contributed by atoms with Gasteiger partial charge in [-0.25, -0.2) is 0 Å². The lowest BCUT2D eigenvalue weighted by Crippen LogP contribution is -1.87. The SMILES string of the molecule is C=CCOCC=C.C=COC=C.OCCO. The molecule has 0 fully saturated rings. The number of ether oxygens (including phenoxy) is 2. The molecule has 0 aromatic heterocycles. The van der Waals surface area contributed by atoms with Crippen LogP contribution < -0.4 is 0 Å². The third-order valence-corrected chi connectivity index (χ3v) is 0.764. The molecule has 0 aromatic carbocycles. The van der Waals surface area contributed by atoms with Crippen molar-refractivity contribution in [3.63, 3.8) is 0 Å². The van der Waals surface area contributed by atoms with E-state index in [0.29, 0.717) is 13.2 Å². The highest BCUT2D eigenvalue weighted by molar-refractivity contribution is 4.68. The molecule has 0 aliphatic heterocycles. The number of rotatable bonds is 7. The summed E-state index contributed by atoms with van der Waals surface area (Å²) < 4.78 is 9.26. The highest BCUT2D eigenvalue weighted by Gasteiger charge is 1.70. The largest absolute Gasteiger partial charge is 0.474 e. The van der Waals surface area contributed by atoms with Crippen molar-refractivity contribution in [3.05, 3.63) is 51.0 Å². The van der Waals surface area contributed by atoms with Crippen LogP contribution in [-0.2, 0) is 9.47 Å². The van der Waals surface area contributed by atoms with Gasteiger partial charge >= 0.3 is 0 Å². The summed E-state index contributed by atoms with van der Waals surface area (Å²) >= 11 is 0. The van der Waals surface area contributed by atoms with Gasteiger partial charge in [-0.2, -0.15) is 0 Å². The minimum absolute atomic E-state index is 0.125. The van der Waals surface area contributed by atoms with E-state index in [9.17, 15) is 0 Å². The fraction of sp³-hybridized carbons (Fsp3) is 0.333. The zero-order chi connectivity index (χ0) is 13.1. The topological polar surface area (TPSA) is 58.9 Å². The highest BCUT2D eigenvalue weighted by Crippen LogP contribution is 1.72. The van der Waals surface area contributed by atoms with Crippen molar-refractivity contribution < 1.29 is 19.7 Å². The third-order valence-electron chi connectivity index (χ3n) is 0.764. The fourth-order valence-corrected chi connectivity index (χ4v) is 0.303. The minimum Gasteiger partial charge on any atom is -0.474 e. The molecule has 0 atom stereocenters. The molecule has 0 saturated heterocycles. The van der Waals surface area contributed by atoms with Crippen LogP contribution in [0.1, 0.15) is 0 Å². The summed E-state index contributed by atoms with van der Waals surface area (Å²) in [5.41, 5.74) is 0. The molecule has 0 rings (SSSR count). The van der Waals surface area contributed by atoms with Gasteiger partial charge in [0.15, 0.2) is 0 Å². The van der Waals surface area contributed by atoms with E-state index < -0.39 is 0 Å². The molecule has 0 unspecified atom stereocenters. The molecule has 16 heavy (non-hydrogen) atoms. The van der Waals surface area contributed by atoms with Crippen molar-refractivity contribution in [2.45, 2.75) is 0 Å². The molecule has 0 radical (unpaired) electrons. The molecular formula is C12H22O4. The van der Waals surface area contributed by atoms with Crippen LogP contribution in [0.5, 0.6) is 0 Å². The summed E-state index contributed by atoms with van der Waals surface area (Å²) in [5.74, 6) is 0. The smallest absolute Gasteiger partial charge is 0.0829 e. The molecular weight excluding hydrogens is 208 g/mol. The van der Waals surface area contributed by atoms with Crippen LogP contribution in [0.25, 0.3) is 0 Å². The van der Waals surface area contributed by atoms with E-state index in [4.69, 9.17) is 14.9 Å². The fourth-order valence-electron chi connectivity index (χ4n) is 0.303. The van der Waals surface area contributed by atoms with Gasteiger partial charge in [0.05, 0.1) is 39.0 Å². The van der Waals surface area contributed by atoms with Crippen LogP contribution in [0.2, 0.25) is 0 Å². The predicted molar refractivity (Wildman–Crippen MR) is 66.9 cm³/mol. The van der Waals surface area contributed by atoms with Crippen LogP contribution in [0.4, 0.5) is 0 Å². The third kappa shape index (κ3) is 53.8. The van der Waals surface area contributed by atoms with E-state index in [1.807, 2.05) is 0 Å². The Kier molecular flexibility index (Phi) is 36.7. The van der Waals surface area contributed by atoms with Crippen molar-refractivity contribution in [1.29, 1.82) is 0 Å². The van der Waals surface area contributed by atoms with Crippen molar-refractivity contribution >= 4 is 0 Å². The van der Waals surface area contributed by atoms with Gasteiger partial charge in [0, 0.05) is 0 Å². The van der Waals surface area contributed by atoms with Crippen LogP contribution in [0.3, 0.4) is 0 Å². The first-order chi connectivity index (χ1) is 7.74. The number of hydrogen-bond donors (Lipinski definition) is 2. The van der Waals surface area contributed by atoms with Gasteiger partial charge in [-0.15, -0.1) is 13.2 Å². The van der Waals surface area contributed by atoms with E-state index in [0.717, 1.165) is 0 Å². The second-order valence-corrected chi connectivity index (χ2v) is 2.03. The summed E-state index contributed by atoms with van der Waals surface area (Å²) in [5, 5.41) is 15.2. The minimum atomic E-state index is -0.125. The zero-order valence-corrected chi connectivity index (χ0v) is 9.68. The molecule has 94 valence electrons. The van der Waals surface area contributed by atoms with Crippen LogP contribution >= 0.6 is 0 Å². The number of aliphatic hydroxyl groups is 2. The standard InChI is InChI=1S/C6H10O.C4H6O.C2H6O2/c1-3-5-7-6-4-2;1-3-5-4-2;3-1-2-4/h3-4H,1-2,5-6H2;3-4H,1-2H2;3-4H,1-2H2. The summed E-state index contributed by atoms with van der Waals surface area (Å²) in [6, 6.07) is 0. The first-order valence-corrected chi connectivity index (χ1v) is 4.63. The van der Waals surface area contributed by atoms with E-state index in [1.165, 1.54) is 12.5 Å². The maximum absolute atomic E-state index is 7.62. The summed E-state index contributed by atoms with van der Waals surface area (Å²) in [6.45, 7) is 14.4. The lowest BCUT2D eigenvalue weighted by atomic mass is 10.6. The van der Waals surface area contributed by atoms with Crippen molar-refractivity contribution in [3.8, 4) is 0 Å². The van der Waals surface area contributed by atoms with E-state index in [-0.39, 0.29) is 13.2 Å². The lowest BCUT2D eigenvalue weighted by molar-refractivity contribution is 0.186. The van der Waals surface area contributed by atoms with Crippen LogP contribution in [-0.4, -0.2) is 36.6 Å². The molecule has 2 N–H and O–H groups in total. The Bertz CT molecular complexity index is 139. The molecule has 0 bridgehead atoms. The summed E-state index contributed by atoms with van der Waals surface area (Å²) in [7, 11) is 0. The lowest BCUT2D eigenvalue weighted by Gasteiger charge is -1.89. The molecule has 0 aliphatic rings. The second kappa shape index (κ2) is 29.2. The molecule has 0 amide bonds. The molecule has 0 saturated carbocycles. The molecule has 4 nitrogen and oxygen atoms in total. The van der Waals surface area contributed by atoms with Gasteiger partial charge < -0.3 is 19.7 Å². The normalized spacial score (nSPS) is 7.12. The Balaban J connectivity index is -0.000000166. The van der Waals surface area contributed by atoms with E-state index in [2.05, 4.69) is 31.1 Å². The van der Waals surface area contributed by atoms with Crippen LogP contribution in [0.15, 0.2) is 51.0 Å². The van der Waals surface area contributed by atoms with Gasteiger partial charge in [0.2, 0.25) is 0 Å². The molecule has 0 heterocycles. The Labute approximate surface area is 97.8 Å². The van der Waals surface area contributed by atoms with Gasteiger partial charge in [0.1, 0.15) is 0 Å². The van der Waals surface area contributed by atoms with Crippen molar-refractivity contribution in [1.82, 2.24) is 0 Å². The molecule has 0 aliphatic carbocycles. The Morgan fingerprint density at radius 2 is 1.19 bits per heavy atom. The zero-order valence-electron chi connectivity index (χ0n) is 9.68. The summed E-state index contributed by atoms with van der Waals surface area (Å²) in [4.78, 5) is 0. The highest BCUT2D eigenvalue weighted by atomic mass is 16.5.